The molecular formula is C16H23ClFN3O2. The van der Waals surface area contributed by atoms with Crippen LogP contribution in [-0.4, -0.2) is 56.7 Å². The summed E-state index contributed by atoms with van der Waals surface area (Å²) in [4.78, 5) is 13.9. The summed E-state index contributed by atoms with van der Waals surface area (Å²) in [5.41, 5.74) is 0.424. The van der Waals surface area contributed by atoms with Crippen molar-refractivity contribution in [3.63, 3.8) is 0 Å². The van der Waals surface area contributed by atoms with E-state index in [1.807, 2.05) is 6.92 Å². The van der Waals surface area contributed by atoms with Crippen LogP contribution in [0, 0.1) is 5.82 Å². The smallest absolute Gasteiger partial charge is 0.234 e. The monoisotopic (exact) mass is 343 g/mol. The predicted octanol–water partition coefficient (Wildman–Crippen LogP) is 1.58. The van der Waals surface area contributed by atoms with Crippen LogP contribution < -0.4 is 10.6 Å². The van der Waals surface area contributed by atoms with Crippen LogP contribution in [0.5, 0.6) is 0 Å². The molecule has 1 aromatic carbocycles. The minimum atomic E-state index is -0.357. The van der Waals surface area contributed by atoms with E-state index >= 15 is 0 Å². The lowest BCUT2D eigenvalue weighted by Gasteiger charge is -2.38. The van der Waals surface area contributed by atoms with Crippen LogP contribution >= 0.6 is 11.6 Å². The second-order valence-corrected chi connectivity index (χ2v) is 6.07. The Morgan fingerprint density at radius 2 is 2.35 bits per heavy atom. The fourth-order valence-corrected chi connectivity index (χ4v) is 3.09. The van der Waals surface area contributed by atoms with Crippen molar-refractivity contribution in [2.24, 2.45) is 0 Å². The molecule has 0 bridgehead atoms. The molecule has 0 aromatic heterocycles. The van der Waals surface area contributed by atoms with E-state index in [-0.39, 0.29) is 30.4 Å². The van der Waals surface area contributed by atoms with Gasteiger partial charge in [-0.3, -0.25) is 9.69 Å². The number of likely N-dealkylation sites (N-methyl/N-ethyl adjacent to an activating group) is 1. The Balaban J connectivity index is 2.22. The molecule has 5 nitrogen and oxygen atoms in total. The third-order valence-corrected chi connectivity index (χ3v) is 4.21. The molecule has 1 amide bonds. The van der Waals surface area contributed by atoms with E-state index in [1.165, 1.54) is 6.07 Å². The lowest BCUT2D eigenvalue weighted by molar-refractivity contribution is -0.120. The first kappa shape index (κ1) is 18.1. The van der Waals surface area contributed by atoms with Gasteiger partial charge in [0.15, 0.2) is 0 Å². The molecule has 2 atom stereocenters. The Morgan fingerprint density at radius 1 is 1.57 bits per heavy atom. The molecule has 23 heavy (non-hydrogen) atoms. The predicted molar refractivity (Wildman–Crippen MR) is 88.1 cm³/mol. The van der Waals surface area contributed by atoms with Crippen LogP contribution in [0.4, 0.5) is 4.39 Å². The SMILES string of the molecule is CNCC(=O)NC[C@@H](c1c(F)cccc1Cl)N1CCO[C@H](C)C1. The number of halogens is 2. The zero-order valence-corrected chi connectivity index (χ0v) is 14.2. The molecular weight excluding hydrogens is 321 g/mol. The Bertz CT molecular complexity index is 524. The molecule has 0 unspecified atom stereocenters. The summed E-state index contributed by atoms with van der Waals surface area (Å²) in [6.45, 7) is 4.41. The van der Waals surface area contributed by atoms with Crippen molar-refractivity contribution in [3.05, 3.63) is 34.6 Å². The summed E-state index contributed by atoms with van der Waals surface area (Å²) in [7, 11) is 1.70. The van der Waals surface area contributed by atoms with Crippen LogP contribution in [0.25, 0.3) is 0 Å². The van der Waals surface area contributed by atoms with Crippen molar-refractivity contribution < 1.29 is 13.9 Å². The summed E-state index contributed by atoms with van der Waals surface area (Å²) in [5, 5.41) is 6.01. The lowest BCUT2D eigenvalue weighted by atomic mass is 10.0. The number of carbonyl (C=O) groups is 1. The molecule has 1 heterocycles. The third-order valence-electron chi connectivity index (χ3n) is 3.88. The van der Waals surface area contributed by atoms with Crippen molar-refractivity contribution in [2.45, 2.75) is 19.1 Å². The molecule has 1 aliphatic heterocycles. The summed E-state index contributed by atoms with van der Waals surface area (Å²) in [6.07, 6.45) is 0.0600. The summed E-state index contributed by atoms with van der Waals surface area (Å²) >= 11 is 6.23. The lowest BCUT2D eigenvalue weighted by Crippen LogP contribution is -2.47. The van der Waals surface area contributed by atoms with Gasteiger partial charge in [0.2, 0.25) is 5.91 Å². The van der Waals surface area contributed by atoms with E-state index in [0.29, 0.717) is 36.8 Å². The van der Waals surface area contributed by atoms with Gasteiger partial charge in [-0.05, 0) is 26.1 Å². The van der Waals surface area contributed by atoms with E-state index in [4.69, 9.17) is 16.3 Å². The molecule has 1 aliphatic rings. The van der Waals surface area contributed by atoms with Crippen molar-refractivity contribution in [1.29, 1.82) is 0 Å². The standard InChI is InChI=1S/C16H23ClFN3O2/c1-11-10-21(6-7-23-11)14(8-20-15(22)9-19-2)16-12(17)4-3-5-13(16)18/h3-5,11,14,19H,6-10H2,1-2H3,(H,20,22)/t11-,14+/m1/s1. The normalized spacial score (nSPS) is 20.3. The quantitative estimate of drug-likeness (QED) is 0.823. The highest BCUT2D eigenvalue weighted by Gasteiger charge is 2.29. The maximum absolute atomic E-state index is 14.4. The molecule has 2 rings (SSSR count). The van der Waals surface area contributed by atoms with Crippen LogP contribution in [0.1, 0.15) is 18.5 Å². The minimum absolute atomic E-state index is 0.0600. The molecule has 1 aromatic rings. The Morgan fingerprint density at radius 3 is 3.00 bits per heavy atom. The number of hydrogen-bond donors (Lipinski definition) is 2. The first-order valence-electron chi connectivity index (χ1n) is 7.73. The van der Waals surface area contributed by atoms with Gasteiger partial charge >= 0.3 is 0 Å². The number of nitrogens with one attached hydrogen (secondary N) is 2. The first-order chi connectivity index (χ1) is 11.0. The van der Waals surface area contributed by atoms with Gasteiger partial charge in [0.1, 0.15) is 5.82 Å². The fourth-order valence-electron chi connectivity index (χ4n) is 2.80. The molecule has 7 heteroatoms. The number of carbonyl (C=O) groups excluding carboxylic acids is 1. The number of amides is 1. The van der Waals surface area contributed by atoms with Gasteiger partial charge < -0.3 is 15.4 Å². The Labute approximate surface area is 141 Å². The molecule has 1 fully saturated rings. The third kappa shape index (κ3) is 4.88. The van der Waals surface area contributed by atoms with Crippen LogP contribution in [0.2, 0.25) is 5.02 Å². The zero-order chi connectivity index (χ0) is 16.8. The van der Waals surface area contributed by atoms with Gasteiger partial charge in [-0.15, -0.1) is 0 Å². The maximum atomic E-state index is 14.4. The van der Waals surface area contributed by atoms with Crippen LogP contribution in [-0.2, 0) is 9.53 Å². The maximum Gasteiger partial charge on any atom is 0.234 e. The van der Waals surface area contributed by atoms with Gasteiger partial charge in [-0.25, -0.2) is 4.39 Å². The van der Waals surface area contributed by atoms with Gasteiger partial charge in [0.05, 0.1) is 25.3 Å². The molecule has 0 saturated carbocycles. The van der Waals surface area contributed by atoms with Gasteiger partial charge in [0.25, 0.3) is 0 Å². The van der Waals surface area contributed by atoms with Crippen molar-refractivity contribution in [3.8, 4) is 0 Å². The zero-order valence-electron chi connectivity index (χ0n) is 13.4. The van der Waals surface area contributed by atoms with Gasteiger partial charge in [-0.1, -0.05) is 17.7 Å². The minimum Gasteiger partial charge on any atom is -0.376 e. The number of benzene rings is 1. The Hall–Kier alpha value is -1.21. The molecule has 0 spiro atoms. The highest BCUT2D eigenvalue weighted by molar-refractivity contribution is 6.31. The largest absolute Gasteiger partial charge is 0.376 e. The topological polar surface area (TPSA) is 53.6 Å². The second kappa shape index (κ2) is 8.59. The fraction of sp³-hybridized carbons (Fsp3) is 0.562. The number of rotatable bonds is 6. The number of morpholine rings is 1. The number of nitrogens with zero attached hydrogens (tertiary/aromatic N) is 1. The summed E-state index contributed by atoms with van der Waals surface area (Å²) in [6, 6.07) is 4.33. The van der Waals surface area contributed by atoms with Crippen LogP contribution in [0.15, 0.2) is 18.2 Å². The molecule has 128 valence electrons. The van der Waals surface area contributed by atoms with Crippen molar-refractivity contribution in [1.82, 2.24) is 15.5 Å². The molecule has 2 N–H and O–H groups in total. The van der Waals surface area contributed by atoms with Gasteiger partial charge in [0, 0.05) is 30.2 Å². The molecule has 1 saturated heterocycles. The Kier molecular flexibility index (Phi) is 6.77. The van der Waals surface area contributed by atoms with E-state index in [0.717, 1.165) is 0 Å². The van der Waals surface area contributed by atoms with E-state index < -0.39 is 0 Å². The average molecular weight is 344 g/mol. The van der Waals surface area contributed by atoms with Crippen molar-refractivity contribution >= 4 is 17.5 Å². The summed E-state index contributed by atoms with van der Waals surface area (Å²) in [5.74, 6) is -0.490. The number of ether oxygens (including phenoxy) is 1. The van der Waals surface area contributed by atoms with E-state index in [2.05, 4.69) is 15.5 Å². The highest BCUT2D eigenvalue weighted by atomic mass is 35.5. The van der Waals surface area contributed by atoms with E-state index in [1.54, 1.807) is 19.2 Å². The second-order valence-electron chi connectivity index (χ2n) is 5.66. The van der Waals surface area contributed by atoms with E-state index in [9.17, 15) is 9.18 Å². The number of hydrogen-bond acceptors (Lipinski definition) is 4. The first-order valence-corrected chi connectivity index (χ1v) is 8.11. The highest BCUT2D eigenvalue weighted by Crippen LogP contribution is 2.30. The summed E-state index contributed by atoms with van der Waals surface area (Å²) < 4.78 is 19.9. The average Bonchev–Trinajstić information content (AvgIpc) is 2.50. The van der Waals surface area contributed by atoms with Crippen molar-refractivity contribution in [2.75, 3.05) is 39.8 Å². The molecule has 0 aliphatic carbocycles. The van der Waals surface area contributed by atoms with Crippen LogP contribution in [0.3, 0.4) is 0 Å². The molecule has 0 radical (unpaired) electrons. The van der Waals surface area contributed by atoms with Gasteiger partial charge in [-0.2, -0.15) is 0 Å².